The third kappa shape index (κ3) is 5.63. The van der Waals surface area contributed by atoms with Crippen molar-refractivity contribution in [2.24, 2.45) is 0 Å². The number of fused-ring (bicyclic) bond motifs is 9. The van der Waals surface area contributed by atoms with Crippen molar-refractivity contribution in [2.75, 3.05) is 4.90 Å². The molecule has 0 bridgehead atoms. The monoisotopic (exact) mass is 787 g/mol. The lowest BCUT2D eigenvalue weighted by Crippen LogP contribution is -2.28. The van der Waals surface area contributed by atoms with Crippen LogP contribution in [0.25, 0.3) is 65.7 Å². The Hall–Kier alpha value is -8.00. The van der Waals surface area contributed by atoms with Crippen LogP contribution in [-0.4, -0.2) is 0 Å². The van der Waals surface area contributed by atoms with Crippen LogP contribution in [0.15, 0.2) is 249 Å². The zero-order valence-electron chi connectivity index (χ0n) is 34.1. The summed E-state index contributed by atoms with van der Waals surface area (Å²) in [6.45, 7) is 0. The quantitative estimate of drug-likeness (QED) is 0.145. The van der Waals surface area contributed by atoms with Gasteiger partial charge in [0.25, 0.3) is 0 Å². The molecule has 62 heavy (non-hydrogen) atoms. The molecule has 0 amide bonds. The first-order chi connectivity index (χ1) is 30.8. The minimum atomic E-state index is -0.474. The summed E-state index contributed by atoms with van der Waals surface area (Å²) in [6.07, 6.45) is 0. The maximum Gasteiger partial charge on any atom is 0.0714 e. The van der Waals surface area contributed by atoms with Crippen LogP contribution in [0.2, 0.25) is 0 Å². The lowest BCUT2D eigenvalue weighted by atomic mass is 9.67. The van der Waals surface area contributed by atoms with E-state index in [1.165, 1.54) is 88.0 Å². The molecular weight excluding hydrogens is 747 g/mol. The summed E-state index contributed by atoms with van der Waals surface area (Å²) >= 11 is 0. The van der Waals surface area contributed by atoms with Crippen LogP contribution in [0.4, 0.5) is 17.1 Å². The van der Waals surface area contributed by atoms with Gasteiger partial charge in [-0.25, -0.2) is 0 Å². The van der Waals surface area contributed by atoms with E-state index in [1.807, 2.05) is 0 Å². The van der Waals surface area contributed by atoms with Gasteiger partial charge in [0.05, 0.1) is 5.41 Å². The Morgan fingerprint density at radius 3 is 1.24 bits per heavy atom. The lowest BCUT2D eigenvalue weighted by Gasteiger charge is -2.35. The Balaban J connectivity index is 0.927. The molecular formula is C61H41N. The van der Waals surface area contributed by atoms with Crippen molar-refractivity contribution in [3.63, 3.8) is 0 Å². The van der Waals surface area contributed by atoms with Gasteiger partial charge >= 0.3 is 0 Å². The van der Waals surface area contributed by atoms with E-state index in [0.717, 1.165) is 17.1 Å². The normalized spacial score (nSPS) is 12.6. The number of anilines is 3. The van der Waals surface area contributed by atoms with Crippen molar-refractivity contribution >= 4 is 49.4 Å². The molecule has 0 radical (unpaired) electrons. The van der Waals surface area contributed by atoms with Gasteiger partial charge in [-0.2, -0.15) is 0 Å². The summed E-state index contributed by atoms with van der Waals surface area (Å²) in [5, 5.41) is 7.77. The highest BCUT2D eigenvalue weighted by Crippen LogP contribution is 2.57. The van der Waals surface area contributed by atoms with Gasteiger partial charge in [-0.05, 0) is 130 Å². The molecule has 0 unspecified atom stereocenters. The molecule has 0 aliphatic heterocycles. The largest absolute Gasteiger partial charge is 0.310 e. The summed E-state index contributed by atoms with van der Waals surface area (Å²) in [4.78, 5) is 2.39. The van der Waals surface area contributed by atoms with Crippen LogP contribution in [0.5, 0.6) is 0 Å². The molecule has 0 saturated heterocycles. The van der Waals surface area contributed by atoms with Crippen LogP contribution in [0, 0.1) is 0 Å². The van der Waals surface area contributed by atoms with E-state index in [2.05, 4.69) is 254 Å². The molecule has 290 valence electrons. The Morgan fingerprint density at radius 2 is 0.645 bits per heavy atom. The van der Waals surface area contributed by atoms with Gasteiger partial charge in [-0.1, -0.05) is 206 Å². The fraction of sp³-hybridized carbons (Fsp3) is 0.0164. The zero-order chi connectivity index (χ0) is 41.0. The SMILES string of the molecule is c1ccc(N(c2ccc(-c3ccc(-c4ccc5c6ccccc6c6ccccc6c5c4)cc3)cc2)c2ccc3c(c2)C(c2ccccc2)(c2ccccc2)c2ccccc2-3)cc1. The number of hydrogen-bond donors (Lipinski definition) is 0. The third-order valence-electron chi connectivity index (χ3n) is 13.1. The summed E-state index contributed by atoms with van der Waals surface area (Å²) in [7, 11) is 0. The molecule has 11 aromatic carbocycles. The fourth-order valence-electron chi connectivity index (χ4n) is 10.3. The second kappa shape index (κ2) is 14.6. The Labute approximate surface area is 362 Å². The highest BCUT2D eigenvalue weighted by atomic mass is 15.1. The van der Waals surface area contributed by atoms with Gasteiger partial charge in [-0.3, -0.25) is 0 Å². The van der Waals surface area contributed by atoms with Crippen LogP contribution in [0.3, 0.4) is 0 Å². The van der Waals surface area contributed by atoms with Gasteiger partial charge in [0.1, 0.15) is 0 Å². The topological polar surface area (TPSA) is 3.24 Å². The summed E-state index contributed by atoms with van der Waals surface area (Å²) in [5.74, 6) is 0. The molecule has 0 N–H and O–H groups in total. The minimum Gasteiger partial charge on any atom is -0.310 e. The molecule has 0 heterocycles. The second-order valence-corrected chi connectivity index (χ2v) is 16.4. The van der Waals surface area contributed by atoms with E-state index in [-0.39, 0.29) is 0 Å². The van der Waals surface area contributed by atoms with Crippen LogP contribution >= 0.6 is 0 Å². The van der Waals surface area contributed by atoms with E-state index >= 15 is 0 Å². The van der Waals surface area contributed by atoms with E-state index < -0.39 is 5.41 Å². The standard InChI is InChI=1S/C61H41N/c1-4-16-46(17-5-1)61(47-18-6-2-7-19-47)59-27-15-14-26-56(59)57-39-37-50(41-60(57)61)62(48-20-8-3-9-21-48)49-35-32-43(33-36-49)42-28-30-44(31-29-42)45-34-38-55-53-24-11-10-22-51(53)52-23-12-13-25-54(52)58(55)40-45/h1-41H. The van der Waals surface area contributed by atoms with Crippen LogP contribution < -0.4 is 4.90 Å². The van der Waals surface area contributed by atoms with Crippen molar-refractivity contribution in [1.82, 2.24) is 0 Å². The summed E-state index contributed by atoms with van der Waals surface area (Å²) in [6, 6.07) is 91.4. The van der Waals surface area contributed by atoms with Gasteiger partial charge in [0.15, 0.2) is 0 Å². The van der Waals surface area contributed by atoms with Crippen molar-refractivity contribution < 1.29 is 0 Å². The zero-order valence-corrected chi connectivity index (χ0v) is 34.1. The van der Waals surface area contributed by atoms with Crippen molar-refractivity contribution in [2.45, 2.75) is 5.41 Å². The average Bonchev–Trinajstić information content (AvgIpc) is 3.65. The predicted octanol–water partition coefficient (Wildman–Crippen LogP) is 16.3. The first kappa shape index (κ1) is 35.9. The number of rotatable bonds is 7. The summed E-state index contributed by atoms with van der Waals surface area (Å²) < 4.78 is 0. The van der Waals surface area contributed by atoms with Crippen molar-refractivity contribution in [3.8, 4) is 33.4 Å². The third-order valence-corrected chi connectivity index (χ3v) is 13.1. The number of hydrogen-bond acceptors (Lipinski definition) is 1. The van der Waals surface area contributed by atoms with E-state index in [4.69, 9.17) is 0 Å². The van der Waals surface area contributed by atoms with Gasteiger partial charge in [0.2, 0.25) is 0 Å². The summed E-state index contributed by atoms with van der Waals surface area (Å²) in [5.41, 5.74) is 15.3. The smallest absolute Gasteiger partial charge is 0.0714 e. The molecule has 0 atom stereocenters. The first-order valence-corrected chi connectivity index (χ1v) is 21.5. The molecule has 0 saturated carbocycles. The number of para-hydroxylation sites is 1. The van der Waals surface area contributed by atoms with E-state index in [9.17, 15) is 0 Å². The maximum atomic E-state index is 2.44. The van der Waals surface area contributed by atoms with Crippen LogP contribution in [0.1, 0.15) is 22.3 Å². The van der Waals surface area contributed by atoms with Crippen molar-refractivity contribution in [1.29, 1.82) is 0 Å². The molecule has 1 nitrogen and oxygen atoms in total. The predicted molar refractivity (Wildman–Crippen MR) is 262 cm³/mol. The highest BCUT2D eigenvalue weighted by molar-refractivity contribution is 6.25. The fourth-order valence-corrected chi connectivity index (χ4v) is 10.3. The molecule has 11 aromatic rings. The van der Waals surface area contributed by atoms with Crippen LogP contribution in [-0.2, 0) is 5.41 Å². The minimum absolute atomic E-state index is 0.474. The van der Waals surface area contributed by atoms with E-state index in [1.54, 1.807) is 0 Å². The Bertz CT molecular complexity index is 3350. The average molecular weight is 788 g/mol. The molecule has 1 aliphatic carbocycles. The maximum absolute atomic E-state index is 2.44. The van der Waals surface area contributed by atoms with Gasteiger partial charge in [-0.15, -0.1) is 0 Å². The Morgan fingerprint density at radius 1 is 0.242 bits per heavy atom. The molecule has 12 rings (SSSR count). The van der Waals surface area contributed by atoms with Crippen molar-refractivity contribution in [3.05, 3.63) is 271 Å². The molecule has 0 fully saturated rings. The van der Waals surface area contributed by atoms with E-state index in [0.29, 0.717) is 0 Å². The second-order valence-electron chi connectivity index (χ2n) is 16.4. The number of nitrogens with zero attached hydrogens (tertiary/aromatic N) is 1. The number of benzene rings is 11. The molecule has 0 spiro atoms. The van der Waals surface area contributed by atoms with Gasteiger partial charge in [0, 0.05) is 17.1 Å². The highest BCUT2D eigenvalue weighted by Gasteiger charge is 2.46. The Kier molecular flexibility index (Phi) is 8.47. The first-order valence-electron chi connectivity index (χ1n) is 21.5. The lowest BCUT2D eigenvalue weighted by molar-refractivity contribution is 0.768. The van der Waals surface area contributed by atoms with Gasteiger partial charge < -0.3 is 4.90 Å². The molecule has 1 aliphatic rings. The molecule has 1 heteroatoms. The molecule has 0 aromatic heterocycles.